The number of nitrogens with two attached hydrogens (primary N) is 1. The second kappa shape index (κ2) is 7.93. The zero-order valence-electron chi connectivity index (χ0n) is 11.1. The van der Waals surface area contributed by atoms with Gasteiger partial charge in [0, 0.05) is 18.2 Å². The van der Waals surface area contributed by atoms with E-state index < -0.39 is 23.4 Å². The highest BCUT2D eigenvalue weighted by molar-refractivity contribution is 5.85. The Kier molecular flexibility index (Phi) is 6.55. The molecule has 3 N–H and O–H groups in total. The molecule has 0 radical (unpaired) electrons. The van der Waals surface area contributed by atoms with Gasteiger partial charge in [0.25, 0.3) is 0 Å². The minimum absolute atomic E-state index is 0. The van der Waals surface area contributed by atoms with E-state index in [1.54, 1.807) is 30.3 Å². The second-order valence-corrected chi connectivity index (χ2v) is 4.31. The SMILES string of the molecule is Cl.NC(CCO)c1ccc(F)c(Oc2ccccc2)c1F. The molecule has 2 rings (SSSR count). The summed E-state index contributed by atoms with van der Waals surface area (Å²) >= 11 is 0. The zero-order chi connectivity index (χ0) is 14.5. The third-order valence-corrected chi connectivity index (χ3v) is 2.88. The third kappa shape index (κ3) is 4.14. The van der Waals surface area contributed by atoms with E-state index in [2.05, 4.69) is 0 Å². The standard InChI is InChI=1S/C15H15F2NO2.ClH/c16-12-7-6-11(13(18)8-9-19)14(17)15(12)20-10-4-2-1-3-5-10;/h1-7,13,19H,8-9,18H2;1H. The third-order valence-electron chi connectivity index (χ3n) is 2.88. The Labute approximate surface area is 127 Å². The van der Waals surface area contributed by atoms with Crippen LogP contribution >= 0.6 is 12.4 Å². The summed E-state index contributed by atoms with van der Waals surface area (Å²) in [5, 5.41) is 8.84. The Morgan fingerprint density at radius 2 is 1.76 bits per heavy atom. The van der Waals surface area contributed by atoms with Crippen LogP contribution in [0.25, 0.3) is 0 Å². The van der Waals surface area contributed by atoms with Gasteiger partial charge >= 0.3 is 0 Å². The second-order valence-electron chi connectivity index (χ2n) is 4.31. The monoisotopic (exact) mass is 315 g/mol. The highest BCUT2D eigenvalue weighted by Crippen LogP contribution is 2.32. The molecule has 0 saturated heterocycles. The van der Waals surface area contributed by atoms with Gasteiger partial charge in [-0.2, -0.15) is 0 Å². The van der Waals surface area contributed by atoms with Crippen molar-refractivity contribution in [2.75, 3.05) is 6.61 Å². The molecular weight excluding hydrogens is 300 g/mol. The number of ether oxygens (including phenoxy) is 1. The van der Waals surface area contributed by atoms with Crippen LogP contribution in [0.1, 0.15) is 18.0 Å². The molecule has 0 saturated carbocycles. The highest BCUT2D eigenvalue weighted by Gasteiger charge is 2.19. The van der Waals surface area contributed by atoms with Crippen LogP contribution in [-0.4, -0.2) is 11.7 Å². The van der Waals surface area contributed by atoms with E-state index in [-0.39, 0.29) is 31.0 Å². The van der Waals surface area contributed by atoms with Crippen LogP contribution in [0.5, 0.6) is 11.5 Å². The first kappa shape index (κ1) is 17.4. The molecule has 0 amide bonds. The lowest BCUT2D eigenvalue weighted by molar-refractivity contribution is 0.275. The molecule has 0 bridgehead atoms. The average molecular weight is 316 g/mol. The van der Waals surface area contributed by atoms with Gasteiger partial charge in [-0.1, -0.05) is 24.3 Å². The summed E-state index contributed by atoms with van der Waals surface area (Å²) in [5.41, 5.74) is 5.86. The van der Waals surface area contributed by atoms with E-state index in [0.717, 1.165) is 6.07 Å². The number of rotatable bonds is 5. The molecule has 0 heterocycles. The summed E-state index contributed by atoms with van der Waals surface area (Å²) in [6.45, 7) is -0.174. The maximum atomic E-state index is 14.3. The molecular formula is C15H16ClF2NO2. The zero-order valence-corrected chi connectivity index (χ0v) is 11.9. The molecule has 0 aromatic heterocycles. The van der Waals surface area contributed by atoms with E-state index in [1.807, 2.05) is 0 Å². The van der Waals surface area contributed by atoms with E-state index in [1.165, 1.54) is 6.07 Å². The molecule has 2 aromatic carbocycles. The van der Waals surface area contributed by atoms with Crippen LogP contribution in [0.4, 0.5) is 8.78 Å². The number of para-hydroxylation sites is 1. The molecule has 1 unspecified atom stereocenters. The molecule has 2 aromatic rings. The summed E-state index contributed by atoms with van der Waals surface area (Å²) in [6.07, 6.45) is 0.188. The van der Waals surface area contributed by atoms with Crippen molar-refractivity contribution in [1.82, 2.24) is 0 Å². The average Bonchev–Trinajstić information content (AvgIpc) is 2.45. The van der Waals surface area contributed by atoms with Crippen molar-refractivity contribution in [3.63, 3.8) is 0 Å². The predicted octanol–water partition coefficient (Wildman–Crippen LogP) is 3.56. The number of aliphatic hydroxyl groups is 1. The topological polar surface area (TPSA) is 55.5 Å². The smallest absolute Gasteiger partial charge is 0.198 e. The maximum absolute atomic E-state index is 14.3. The van der Waals surface area contributed by atoms with Crippen LogP contribution in [0, 0.1) is 11.6 Å². The molecule has 0 aliphatic heterocycles. The molecule has 3 nitrogen and oxygen atoms in total. The quantitative estimate of drug-likeness (QED) is 0.887. The van der Waals surface area contributed by atoms with Gasteiger partial charge in [-0.15, -0.1) is 12.4 Å². The summed E-state index contributed by atoms with van der Waals surface area (Å²) in [4.78, 5) is 0. The number of hydrogen-bond donors (Lipinski definition) is 2. The van der Waals surface area contributed by atoms with Crippen LogP contribution in [0.2, 0.25) is 0 Å². The Bertz CT molecular complexity index is 581. The van der Waals surface area contributed by atoms with Gasteiger partial charge in [0.1, 0.15) is 5.75 Å². The van der Waals surface area contributed by atoms with Crippen LogP contribution in [0.15, 0.2) is 42.5 Å². The molecule has 6 heteroatoms. The van der Waals surface area contributed by atoms with Crippen molar-refractivity contribution in [2.45, 2.75) is 12.5 Å². The van der Waals surface area contributed by atoms with Crippen molar-refractivity contribution in [3.05, 3.63) is 59.7 Å². The first-order chi connectivity index (χ1) is 9.63. The number of benzene rings is 2. The lowest BCUT2D eigenvalue weighted by Crippen LogP contribution is -2.14. The van der Waals surface area contributed by atoms with Crippen molar-refractivity contribution >= 4 is 12.4 Å². The van der Waals surface area contributed by atoms with Crippen LogP contribution in [0.3, 0.4) is 0 Å². The Balaban J connectivity index is 0.00000220. The lowest BCUT2D eigenvalue weighted by Gasteiger charge is -2.15. The molecule has 1 atom stereocenters. The first-order valence-electron chi connectivity index (χ1n) is 6.20. The van der Waals surface area contributed by atoms with Gasteiger partial charge in [-0.3, -0.25) is 0 Å². The highest BCUT2D eigenvalue weighted by atomic mass is 35.5. The summed E-state index contributed by atoms with van der Waals surface area (Å²) in [7, 11) is 0. The van der Waals surface area contributed by atoms with Crippen molar-refractivity contribution in [2.24, 2.45) is 5.73 Å². The Hall–Kier alpha value is -1.69. The fourth-order valence-electron chi connectivity index (χ4n) is 1.83. The summed E-state index contributed by atoms with van der Waals surface area (Å²) < 4.78 is 33.2. The summed E-state index contributed by atoms with van der Waals surface area (Å²) in [5.74, 6) is -1.79. The largest absolute Gasteiger partial charge is 0.451 e. The summed E-state index contributed by atoms with van der Waals surface area (Å²) in [6, 6.07) is 10.0. The minimum Gasteiger partial charge on any atom is -0.451 e. The Morgan fingerprint density at radius 3 is 2.38 bits per heavy atom. The van der Waals surface area contributed by atoms with Gasteiger partial charge in [0.05, 0.1) is 0 Å². The van der Waals surface area contributed by atoms with Gasteiger partial charge < -0.3 is 15.6 Å². The fraction of sp³-hybridized carbons (Fsp3) is 0.200. The van der Waals surface area contributed by atoms with Crippen molar-refractivity contribution in [3.8, 4) is 11.5 Å². The van der Waals surface area contributed by atoms with Crippen molar-refractivity contribution < 1.29 is 18.6 Å². The van der Waals surface area contributed by atoms with Gasteiger partial charge in [0.15, 0.2) is 17.4 Å². The van der Waals surface area contributed by atoms with Gasteiger partial charge in [-0.05, 0) is 24.6 Å². The lowest BCUT2D eigenvalue weighted by atomic mass is 10.0. The normalized spacial score (nSPS) is 11.6. The molecule has 0 aliphatic carbocycles. The molecule has 0 spiro atoms. The fourth-order valence-corrected chi connectivity index (χ4v) is 1.83. The molecule has 114 valence electrons. The number of aliphatic hydroxyl groups excluding tert-OH is 1. The van der Waals surface area contributed by atoms with E-state index in [4.69, 9.17) is 15.6 Å². The number of hydrogen-bond acceptors (Lipinski definition) is 3. The van der Waals surface area contributed by atoms with E-state index in [9.17, 15) is 8.78 Å². The van der Waals surface area contributed by atoms with Crippen LogP contribution < -0.4 is 10.5 Å². The van der Waals surface area contributed by atoms with Gasteiger partial charge in [-0.25, -0.2) is 8.78 Å². The maximum Gasteiger partial charge on any atom is 0.198 e. The van der Waals surface area contributed by atoms with Crippen molar-refractivity contribution in [1.29, 1.82) is 0 Å². The number of halogens is 3. The predicted molar refractivity (Wildman–Crippen MR) is 78.8 cm³/mol. The first-order valence-corrected chi connectivity index (χ1v) is 6.20. The van der Waals surface area contributed by atoms with Gasteiger partial charge in [0.2, 0.25) is 0 Å². The van der Waals surface area contributed by atoms with Crippen LogP contribution in [-0.2, 0) is 0 Å². The molecule has 21 heavy (non-hydrogen) atoms. The molecule has 0 fully saturated rings. The van der Waals surface area contributed by atoms with E-state index in [0.29, 0.717) is 5.75 Å². The molecule has 0 aliphatic rings. The minimum atomic E-state index is -0.838. The van der Waals surface area contributed by atoms with E-state index >= 15 is 0 Å². The Morgan fingerprint density at radius 1 is 1.10 bits per heavy atom.